The number of amides is 2. The first kappa shape index (κ1) is 23.1. The van der Waals surface area contributed by atoms with Crippen LogP contribution in [-0.2, 0) is 14.3 Å². The molecule has 0 aliphatic carbocycles. The van der Waals surface area contributed by atoms with Gasteiger partial charge in [0, 0.05) is 19.2 Å². The number of ether oxygens (including phenoxy) is 4. The van der Waals surface area contributed by atoms with E-state index in [-0.39, 0.29) is 37.4 Å². The van der Waals surface area contributed by atoms with E-state index >= 15 is 0 Å². The molecule has 9 heteroatoms. The molecule has 2 aromatic rings. The Morgan fingerprint density at radius 3 is 2.69 bits per heavy atom. The molecule has 2 aromatic carbocycles. The Morgan fingerprint density at radius 1 is 1.12 bits per heavy atom. The van der Waals surface area contributed by atoms with Crippen molar-refractivity contribution in [3.05, 3.63) is 47.5 Å². The number of rotatable bonds is 10. The number of hydrogen-bond acceptors (Lipinski definition) is 7. The van der Waals surface area contributed by atoms with E-state index in [1.165, 1.54) is 25.2 Å². The van der Waals surface area contributed by atoms with Gasteiger partial charge in [-0.1, -0.05) is 6.07 Å². The zero-order valence-electron chi connectivity index (χ0n) is 18.3. The molecule has 170 valence electrons. The molecule has 0 atom stereocenters. The quantitative estimate of drug-likeness (QED) is 0.442. The van der Waals surface area contributed by atoms with Crippen LogP contribution < -0.4 is 24.4 Å². The van der Waals surface area contributed by atoms with E-state index in [0.29, 0.717) is 41.7 Å². The number of Topliss-reactive ketones (excluding diaryl/α,β-unsaturated/α-hetero) is 1. The summed E-state index contributed by atoms with van der Waals surface area (Å²) in [5.41, 5.74) is 1.70. The zero-order valence-corrected chi connectivity index (χ0v) is 18.3. The molecule has 1 heterocycles. The van der Waals surface area contributed by atoms with E-state index in [2.05, 4.69) is 5.32 Å². The lowest BCUT2D eigenvalue weighted by Crippen LogP contribution is -2.45. The second kappa shape index (κ2) is 10.6. The van der Waals surface area contributed by atoms with Gasteiger partial charge in [0.05, 0.1) is 19.4 Å². The minimum absolute atomic E-state index is 0.179. The van der Waals surface area contributed by atoms with Crippen molar-refractivity contribution in [2.45, 2.75) is 6.92 Å². The summed E-state index contributed by atoms with van der Waals surface area (Å²) < 4.78 is 21.3. The Morgan fingerprint density at radius 2 is 1.94 bits per heavy atom. The number of nitrogens with one attached hydrogen (secondary N) is 1. The molecule has 0 fully saturated rings. The Hall–Kier alpha value is -3.59. The third-order valence-electron chi connectivity index (χ3n) is 4.83. The van der Waals surface area contributed by atoms with Crippen LogP contribution in [0.3, 0.4) is 0 Å². The largest absolute Gasteiger partial charge is 0.493 e. The predicted octanol–water partition coefficient (Wildman–Crippen LogP) is 1.75. The third-order valence-corrected chi connectivity index (χ3v) is 4.83. The maximum atomic E-state index is 12.8. The number of hydrogen-bond donors (Lipinski definition) is 1. The fourth-order valence-corrected chi connectivity index (χ4v) is 3.16. The molecule has 3 rings (SSSR count). The number of benzene rings is 2. The van der Waals surface area contributed by atoms with Crippen molar-refractivity contribution in [2.24, 2.45) is 0 Å². The first-order chi connectivity index (χ1) is 15.4. The maximum Gasteiger partial charge on any atom is 0.265 e. The number of fused-ring (bicyclic) bond motifs is 1. The molecule has 0 saturated carbocycles. The van der Waals surface area contributed by atoms with Crippen LogP contribution in [0.1, 0.15) is 15.9 Å². The Labute approximate surface area is 186 Å². The minimum Gasteiger partial charge on any atom is -0.493 e. The van der Waals surface area contributed by atoms with Crippen molar-refractivity contribution in [2.75, 3.05) is 52.0 Å². The standard InChI is InChI=1S/C23H26N2O7/c1-15-4-6-20(21(10-15)30-3)31-13-18(26)16-5-7-19-17(11-16)25(23(28)14-32-19)12-22(27)24-8-9-29-2/h4-7,10-11H,8-9,12-14H2,1-3H3,(H,24,27). The highest BCUT2D eigenvalue weighted by atomic mass is 16.5. The Balaban J connectivity index is 1.73. The summed E-state index contributed by atoms with van der Waals surface area (Å²) >= 11 is 0. The van der Waals surface area contributed by atoms with Crippen molar-refractivity contribution < 1.29 is 33.3 Å². The highest BCUT2D eigenvalue weighted by molar-refractivity contribution is 6.04. The normalized spacial score (nSPS) is 12.6. The topological polar surface area (TPSA) is 103 Å². The summed E-state index contributed by atoms with van der Waals surface area (Å²) in [5, 5.41) is 2.68. The molecule has 0 aromatic heterocycles. The van der Waals surface area contributed by atoms with Gasteiger partial charge in [0.25, 0.3) is 5.91 Å². The average molecular weight is 442 g/mol. The molecule has 1 aliphatic rings. The lowest BCUT2D eigenvalue weighted by Gasteiger charge is -2.29. The van der Waals surface area contributed by atoms with E-state index in [1.54, 1.807) is 18.2 Å². The highest BCUT2D eigenvalue weighted by Crippen LogP contribution is 2.33. The maximum absolute atomic E-state index is 12.8. The van der Waals surface area contributed by atoms with Crippen LogP contribution in [0.4, 0.5) is 5.69 Å². The lowest BCUT2D eigenvalue weighted by molar-refractivity contribution is -0.125. The van der Waals surface area contributed by atoms with Crippen molar-refractivity contribution >= 4 is 23.3 Å². The first-order valence-electron chi connectivity index (χ1n) is 10.1. The molecule has 9 nitrogen and oxygen atoms in total. The van der Waals surface area contributed by atoms with Crippen molar-refractivity contribution in [3.8, 4) is 17.2 Å². The van der Waals surface area contributed by atoms with Gasteiger partial charge in [-0.05, 0) is 42.8 Å². The van der Waals surface area contributed by atoms with Gasteiger partial charge in [0.2, 0.25) is 5.91 Å². The van der Waals surface area contributed by atoms with Crippen LogP contribution in [0.25, 0.3) is 0 Å². The second-order valence-electron chi connectivity index (χ2n) is 7.16. The van der Waals surface area contributed by atoms with Crippen LogP contribution in [0.2, 0.25) is 0 Å². The fourth-order valence-electron chi connectivity index (χ4n) is 3.16. The molecule has 0 radical (unpaired) electrons. The molecular formula is C23H26N2O7. The van der Waals surface area contributed by atoms with Crippen molar-refractivity contribution in [1.29, 1.82) is 0 Å². The van der Waals surface area contributed by atoms with Crippen LogP contribution in [0, 0.1) is 6.92 Å². The number of ketones is 1. The van der Waals surface area contributed by atoms with E-state index in [4.69, 9.17) is 18.9 Å². The van der Waals surface area contributed by atoms with E-state index in [1.807, 2.05) is 19.1 Å². The summed E-state index contributed by atoms with van der Waals surface area (Å²) in [4.78, 5) is 38.6. The fraction of sp³-hybridized carbons (Fsp3) is 0.348. The summed E-state index contributed by atoms with van der Waals surface area (Å²) in [5.74, 6) is 0.412. The predicted molar refractivity (Wildman–Crippen MR) is 117 cm³/mol. The number of methoxy groups -OCH3 is 2. The Kier molecular flexibility index (Phi) is 7.67. The molecule has 32 heavy (non-hydrogen) atoms. The Bertz CT molecular complexity index is 1010. The lowest BCUT2D eigenvalue weighted by atomic mass is 10.1. The number of carbonyl (C=O) groups excluding carboxylic acids is 3. The van der Waals surface area contributed by atoms with E-state index in [9.17, 15) is 14.4 Å². The first-order valence-corrected chi connectivity index (χ1v) is 10.1. The smallest absolute Gasteiger partial charge is 0.265 e. The van der Waals surface area contributed by atoms with Gasteiger partial charge in [-0.3, -0.25) is 19.3 Å². The van der Waals surface area contributed by atoms with Crippen LogP contribution in [0.5, 0.6) is 17.2 Å². The van der Waals surface area contributed by atoms with E-state index < -0.39 is 0 Å². The van der Waals surface area contributed by atoms with Crippen LogP contribution in [0.15, 0.2) is 36.4 Å². The summed E-state index contributed by atoms with van der Waals surface area (Å²) in [6.07, 6.45) is 0. The summed E-state index contributed by atoms with van der Waals surface area (Å²) in [7, 11) is 3.06. The van der Waals surface area contributed by atoms with Gasteiger partial charge in [-0.2, -0.15) is 0 Å². The van der Waals surface area contributed by atoms with Crippen molar-refractivity contribution in [1.82, 2.24) is 5.32 Å². The molecule has 1 aliphatic heterocycles. The van der Waals surface area contributed by atoms with Gasteiger partial charge < -0.3 is 24.3 Å². The van der Waals surface area contributed by atoms with Crippen LogP contribution >= 0.6 is 0 Å². The summed E-state index contributed by atoms with van der Waals surface area (Å²) in [6.45, 7) is 2.04. The number of nitrogens with zero attached hydrogens (tertiary/aromatic N) is 1. The molecule has 0 unspecified atom stereocenters. The molecule has 0 saturated heterocycles. The van der Waals surface area contributed by atoms with E-state index in [0.717, 1.165) is 5.56 Å². The van der Waals surface area contributed by atoms with Gasteiger partial charge in [0.1, 0.15) is 12.3 Å². The van der Waals surface area contributed by atoms with Gasteiger partial charge in [-0.25, -0.2) is 0 Å². The number of carbonyl (C=O) groups is 3. The molecule has 1 N–H and O–H groups in total. The van der Waals surface area contributed by atoms with Crippen LogP contribution in [-0.4, -0.2) is 64.7 Å². The average Bonchev–Trinajstić information content (AvgIpc) is 2.79. The van der Waals surface area contributed by atoms with Gasteiger partial charge >= 0.3 is 0 Å². The highest BCUT2D eigenvalue weighted by Gasteiger charge is 2.28. The molecule has 0 spiro atoms. The number of aryl methyl sites for hydroxylation is 1. The molecular weight excluding hydrogens is 416 g/mol. The summed E-state index contributed by atoms with van der Waals surface area (Å²) in [6, 6.07) is 10.2. The molecule has 0 bridgehead atoms. The minimum atomic E-state index is -0.371. The number of anilines is 1. The monoisotopic (exact) mass is 442 g/mol. The SMILES string of the molecule is COCCNC(=O)CN1C(=O)COc2ccc(C(=O)COc3ccc(C)cc3OC)cc21. The third kappa shape index (κ3) is 5.55. The van der Waals surface area contributed by atoms with Gasteiger partial charge in [-0.15, -0.1) is 0 Å². The molecule has 2 amide bonds. The van der Waals surface area contributed by atoms with Gasteiger partial charge in [0.15, 0.2) is 30.5 Å². The second-order valence-corrected chi connectivity index (χ2v) is 7.16. The zero-order chi connectivity index (χ0) is 23.1. The van der Waals surface area contributed by atoms with Crippen molar-refractivity contribution in [3.63, 3.8) is 0 Å².